The van der Waals surface area contributed by atoms with Crippen LogP contribution in [0.3, 0.4) is 0 Å². The second-order valence-corrected chi connectivity index (χ2v) is 11.0. The number of nitriles is 2. The molecular weight excluding hydrogens is 590 g/mol. The summed E-state index contributed by atoms with van der Waals surface area (Å²) in [6.45, 7) is 0. The van der Waals surface area contributed by atoms with Crippen molar-refractivity contribution < 1.29 is 51.5 Å². The van der Waals surface area contributed by atoms with Crippen molar-refractivity contribution in [2.75, 3.05) is 0 Å². The number of hydrogen-bond donors (Lipinski definition) is 0. The zero-order valence-corrected chi connectivity index (χ0v) is 20.8. The third kappa shape index (κ3) is 5.06. The molecule has 8 nitrogen and oxygen atoms in total. The summed E-state index contributed by atoms with van der Waals surface area (Å²) < 4.78 is 136. The predicted octanol–water partition coefficient (Wildman–Crippen LogP) is 5.86. The minimum absolute atomic E-state index is 0.0581. The first kappa shape index (κ1) is 28.5. The number of rotatable bonds is 5. The topological polar surface area (TPSA) is 134 Å². The van der Waals surface area contributed by atoms with Crippen LogP contribution in [0.2, 0.25) is 0 Å². The molecule has 0 atom stereocenters. The van der Waals surface area contributed by atoms with Gasteiger partial charge in [-0.3, -0.25) is 0 Å². The van der Waals surface area contributed by atoms with Crippen molar-refractivity contribution >= 4 is 41.8 Å². The monoisotopic (exact) mass is 600 g/mol. The average Bonchev–Trinajstić information content (AvgIpc) is 2.86. The molecule has 16 heteroatoms. The number of halogens is 6. The molecule has 4 aromatic carbocycles. The lowest BCUT2D eigenvalue weighted by molar-refractivity contribution is -0.0505. The van der Waals surface area contributed by atoms with Crippen molar-refractivity contribution in [3.8, 4) is 34.8 Å². The predicted molar refractivity (Wildman–Crippen MR) is 128 cm³/mol. The molecule has 206 valence electrons. The Bertz CT molecular complexity index is 1850. The lowest BCUT2D eigenvalue weighted by Gasteiger charge is -2.20. The van der Waals surface area contributed by atoms with Crippen molar-refractivity contribution in [2.45, 2.75) is 11.0 Å². The average molecular weight is 600 g/mol. The number of hydrogen-bond acceptors (Lipinski definition) is 8. The summed E-state index contributed by atoms with van der Waals surface area (Å²) in [6, 6.07) is 14.5. The van der Waals surface area contributed by atoms with E-state index in [0.29, 0.717) is 0 Å². The first-order chi connectivity index (χ1) is 18.5. The Labute approximate surface area is 221 Å². The molecule has 0 aliphatic rings. The summed E-state index contributed by atoms with van der Waals surface area (Å²) in [5, 5.41) is 18.4. The van der Waals surface area contributed by atoms with Gasteiger partial charge in [0.05, 0.1) is 23.3 Å². The van der Waals surface area contributed by atoms with E-state index >= 15 is 0 Å². The summed E-state index contributed by atoms with van der Waals surface area (Å²) in [4.78, 5) is 0. The maximum atomic E-state index is 13.2. The minimum atomic E-state index is -6.33. The van der Waals surface area contributed by atoms with Crippen LogP contribution in [-0.2, 0) is 20.2 Å². The lowest BCUT2D eigenvalue weighted by atomic mass is 9.91. The highest BCUT2D eigenvalue weighted by atomic mass is 32.2. The maximum absolute atomic E-state index is 13.2. The Balaban J connectivity index is 2.19. The van der Waals surface area contributed by atoms with E-state index in [4.69, 9.17) is 0 Å². The van der Waals surface area contributed by atoms with Gasteiger partial charge in [0.25, 0.3) is 0 Å². The zero-order chi connectivity index (χ0) is 29.7. The van der Waals surface area contributed by atoms with E-state index in [9.17, 15) is 53.7 Å². The van der Waals surface area contributed by atoms with Crippen LogP contribution in [0.1, 0.15) is 11.1 Å². The van der Waals surface area contributed by atoms with Crippen LogP contribution in [0.15, 0.2) is 60.7 Å². The standard InChI is InChI=1S/C24H10F6N2O6S2/c25-23(26,27)39(33,34)37-19-7-3-15-9-13(11-31)1-5-17(15)21(19)22-18-6-2-14(12-32)10-16(18)4-8-20(22)38-40(35,36)24(28,29)30/h1-10H. The van der Waals surface area contributed by atoms with Crippen LogP contribution in [-0.4, -0.2) is 27.9 Å². The Morgan fingerprint density at radius 2 is 0.925 bits per heavy atom. The SMILES string of the molecule is N#Cc1ccc2c(-c3c(OS(=O)(=O)C(F)(F)F)ccc4cc(C#N)ccc34)c(OS(=O)(=O)C(F)(F)F)ccc2c1. The molecule has 4 rings (SSSR count). The molecule has 0 unspecified atom stereocenters. The number of alkyl halides is 6. The van der Waals surface area contributed by atoms with E-state index in [1.807, 2.05) is 12.1 Å². The van der Waals surface area contributed by atoms with Crippen LogP contribution >= 0.6 is 0 Å². The van der Waals surface area contributed by atoms with Crippen LogP contribution in [0.5, 0.6) is 11.5 Å². The summed E-state index contributed by atoms with van der Waals surface area (Å²) in [6.07, 6.45) is 0. The molecule has 40 heavy (non-hydrogen) atoms. The van der Waals surface area contributed by atoms with Crippen molar-refractivity contribution in [2.24, 2.45) is 0 Å². The third-order valence-electron chi connectivity index (χ3n) is 5.44. The second-order valence-electron chi connectivity index (χ2n) is 7.94. The second kappa shape index (κ2) is 9.58. The summed E-state index contributed by atoms with van der Waals surface area (Å²) in [7, 11) is -12.7. The first-order valence-corrected chi connectivity index (χ1v) is 13.3. The normalized spacial score (nSPS) is 12.6. The lowest BCUT2D eigenvalue weighted by Crippen LogP contribution is -2.28. The molecule has 4 aromatic rings. The molecule has 0 amide bonds. The van der Waals surface area contributed by atoms with Gasteiger partial charge in [-0.05, 0) is 57.9 Å². The Morgan fingerprint density at radius 1 is 0.575 bits per heavy atom. The molecule has 0 spiro atoms. The van der Waals surface area contributed by atoms with Gasteiger partial charge in [-0.15, -0.1) is 0 Å². The molecule has 0 saturated carbocycles. The fourth-order valence-electron chi connectivity index (χ4n) is 3.74. The van der Waals surface area contributed by atoms with E-state index in [0.717, 1.165) is 36.4 Å². The van der Waals surface area contributed by atoms with Gasteiger partial charge in [0, 0.05) is 11.1 Å². The van der Waals surface area contributed by atoms with Crippen molar-refractivity contribution in [1.29, 1.82) is 10.5 Å². The number of fused-ring (bicyclic) bond motifs is 2. The molecule has 0 bridgehead atoms. The molecule has 0 radical (unpaired) electrons. The number of benzene rings is 4. The van der Waals surface area contributed by atoms with Gasteiger partial charge < -0.3 is 8.37 Å². The van der Waals surface area contributed by atoms with E-state index in [1.54, 1.807) is 0 Å². The largest absolute Gasteiger partial charge is 0.534 e. The fraction of sp³-hybridized carbons (Fsp3) is 0.0833. The highest BCUT2D eigenvalue weighted by Gasteiger charge is 2.50. The molecule has 0 aliphatic heterocycles. The van der Waals surface area contributed by atoms with Gasteiger partial charge in [-0.25, -0.2) is 0 Å². The quantitative estimate of drug-likeness (QED) is 0.158. The molecule has 0 N–H and O–H groups in total. The van der Waals surface area contributed by atoms with Crippen molar-refractivity contribution in [1.82, 2.24) is 0 Å². The highest BCUT2D eigenvalue weighted by Crippen LogP contribution is 2.47. The minimum Gasteiger partial charge on any atom is -0.375 e. The zero-order valence-electron chi connectivity index (χ0n) is 19.2. The smallest absolute Gasteiger partial charge is 0.375 e. The van der Waals surface area contributed by atoms with Crippen LogP contribution in [0, 0.1) is 22.7 Å². The Hall–Kier alpha value is -4.54. The highest BCUT2D eigenvalue weighted by molar-refractivity contribution is 7.88. The van der Waals surface area contributed by atoms with Gasteiger partial charge >= 0.3 is 31.3 Å². The van der Waals surface area contributed by atoms with Gasteiger partial charge in [0.15, 0.2) is 11.5 Å². The molecule has 0 aromatic heterocycles. The van der Waals surface area contributed by atoms with E-state index in [2.05, 4.69) is 8.37 Å². The van der Waals surface area contributed by atoms with Crippen molar-refractivity contribution in [3.05, 3.63) is 71.8 Å². The molecule has 0 fully saturated rings. The van der Waals surface area contributed by atoms with E-state index in [-0.39, 0.29) is 32.7 Å². The van der Waals surface area contributed by atoms with Gasteiger partial charge in [-0.1, -0.05) is 24.3 Å². The molecule has 0 heterocycles. The summed E-state index contributed by atoms with van der Waals surface area (Å²) >= 11 is 0. The third-order valence-corrected chi connectivity index (χ3v) is 7.37. The van der Waals surface area contributed by atoms with E-state index < -0.39 is 53.9 Å². The molecular formula is C24H10F6N2O6S2. The van der Waals surface area contributed by atoms with Gasteiger partial charge in [0.1, 0.15) is 0 Å². The summed E-state index contributed by atoms with van der Waals surface area (Å²) in [5.74, 6) is -2.08. The fourth-order valence-corrected chi connectivity index (χ4v) is 4.68. The van der Waals surface area contributed by atoms with Gasteiger partial charge in [0.2, 0.25) is 0 Å². The van der Waals surface area contributed by atoms with E-state index in [1.165, 1.54) is 24.3 Å². The van der Waals surface area contributed by atoms with Crippen LogP contribution in [0.4, 0.5) is 26.3 Å². The van der Waals surface area contributed by atoms with Crippen LogP contribution in [0.25, 0.3) is 32.7 Å². The summed E-state index contributed by atoms with van der Waals surface area (Å²) in [5.41, 5.74) is -12.9. The molecule has 0 saturated heterocycles. The van der Waals surface area contributed by atoms with Crippen molar-refractivity contribution in [3.63, 3.8) is 0 Å². The molecule has 0 aliphatic carbocycles. The van der Waals surface area contributed by atoms with Gasteiger partial charge in [-0.2, -0.15) is 53.7 Å². The van der Waals surface area contributed by atoms with Crippen LogP contribution < -0.4 is 8.37 Å². The first-order valence-electron chi connectivity index (χ1n) is 10.4. The maximum Gasteiger partial charge on any atom is 0.534 e. The Morgan fingerprint density at radius 3 is 1.23 bits per heavy atom. The Kier molecular flexibility index (Phi) is 6.82. The number of nitrogens with zero attached hydrogens (tertiary/aromatic N) is 2.